The van der Waals surface area contributed by atoms with Crippen LogP contribution in [0.3, 0.4) is 0 Å². The molecule has 0 spiro atoms. The zero-order valence-corrected chi connectivity index (χ0v) is 19.0. The van der Waals surface area contributed by atoms with Gasteiger partial charge in [-0.3, -0.25) is 9.69 Å². The number of amides is 1. The van der Waals surface area contributed by atoms with E-state index in [0.29, 0.717) is 32.4 Å². The van der Waals surface area contributed by atoms with E-state index in [1.165, 1.54) is 11.8 Å². The molecule has 4 rings (SSSR count). The van der Waals surface area contributed by atoms with Crippen LogP contribution in [-0.2, 0) is 11.4 Å². The van der Waals surface area contributed by atoms with Gasteiger partial charge >= 0.3 is 0 Å². The molecule has 30 heavy (non-hydrogen) atoms. The highest BCUT2D eigenvalue weighted by Crippen LogP contribution is 2.38. The van der Waals surface area contributed by atoms with Crippen molar-refractivity contribution >= 4 is 51.9 Å². The normalized spacial score (nSPS) is 18.5. The summed E-state index contributed by atoms with van der Waals surface area (Å²) in [5.41, 5.74) is 1.89. The van der Waals surface area contributed by atoms with Crippen molar-refractivity contribution in [3.05, 3.63) is 63.5 Å². The van der Waals surface area contributed by atoms with Crippen molar-refractivity contribution in [2.24, 2.45) is 0 Å². The number of hydrogen-bond acceptors (Lipinski definition) is 5. The summed E-state index contributed by atoms with van der Waals surface area (Å²) in [6, 6.07) is 13.4. The summed E-state index contributed by atoms with van der Waals surface area (Å²) in [7, 11) is 1.60. The molecule has 1 saturated carbocycles. The monoisotopic (exact) mass is 459 g/mol. The topological polar surface area (TPSA) is 38.8 Å². The number of halogens is 1. The number of thiocarbonyl (C=S) groups is 1. The van der Waals surface area contributed by atoms with Gasteiger partial charge in [-0.15, -0.1) is 0 Å². The van der Waals surface area contributed by atoms with Crippen LogP contribution in [0.4, 0.5) is 0 Å². The molecule has 0 bridgehead atoms. The zero-order chi connectivity index (χ0) is 21.1. The average Bonchev–Trinajstić information content (AvgIpc) is 3.36. The standard InChI is InChI=1S/C23H22ClNO3S2/c1-27-20-12-16(8-11-19(20)28-14-15-6-9-17(24)10-7-15)13-21-22(26)25(23(29)30-21)18-4-2-3-5-18/h6-13,18H,2-5,14H2,1H3. The van der Waals surface area contributed by atoms with E-state index in [2.05, 4.69) is 0 Å². The minimum absolute atomic E-state index is 0.0129. The van der Waals surface area contributed by atoms with Gasteiger partial charge < -0.3 is 9.47 Å². The Morgan fingerprint density at radius 3 is 2.60 bits per heavy atom. The summed E-state index contributed by atoms with van der Waals surface area (Å²) in [5.74, 6) is 1.27. The van der Waals surface area contributed by atoms with Crippen LogP contribution in [0.2, 0.25) is 5.02 Å². The Bertz CT molecular complexity index is 984. The van der Waals surface area contributed by atoms with Crippen molar-refractivity contribution in [3.8, 4) is 11.5 Å². The number of nitrogens with zero attached hydrogens (tertiary/aromatic N) is 1. The first-order valence-electron chi connectivity index (χ1n) is 9.87. The average molecular weight is 460 g/mol. The predicted molar refractivity (Wildman–Crippen MR) is 126 cm³/mol. The molecule has 2 aromatic rings. The maximum Gasteiger partial charge on any atom is 0.266 e. The molecule has 7 heteroatoms. The number of hydrogen-bond donors (Lipinski definition) is 0. The fourth-order valence-corrected chi connectivity index (χ4v) is 5.27. The fourth-order valence-electron chi connectivity index (χ4n) is 3.74. The smallest absolute Gasteiger partial charge is 0.266 e. The Morgan fingerprint density at radius 2 is 1.90 bits per heavy atom. The molecule has 2 fully saturated rings. The minimum atomic E-state index is 0.0129. The van der Waals surface area contributed by atoms with Crippen molar-refractivity contribution in [1.82, 2.24) is 4.90 Å². The molecule has 0 atom stereocenters. The highest BCUT2D eigenvalue weighted by atomic mass is 35.5. The molecule has 1 amide bonds. The molecule has 1 aliphatic heterocycles. The predicted octanol–water partition coefficient (Wildman–Crippen LogP) is 6.07. The van der Waals surface area contributed by atoms with Gasteiger partial charge in [0.2, 0.25) is 0 Å². The summed E-state index contributed by atoms with van der Waals surface area (Å²) in [6.45, 7) is 0.410. The summed E-state index contributed by atoms with van der Waals surface area (Å²) in [4.78, 5) is 15.4. The van der Waals surface area contributed by atoms with Crippen LogP contribution in [0.15, 0.2) is 47.4 Å². The van der Waals surface area contributed by atoms with E-state index in [4.69, 9.17) is 33.3 Å². The van der Waals surface area contributed by atoms with Crippen LogP contribution in [0.1, 0.15) is 36.8 Å². The van der Waals surface area contributed by atoms with E-state index in [1.807, 2.05) is 48.5 Å². The molecular formula is C23H22ClNO3S2. The first-order chi connectivity index (χ1) is 14.5. The van der Waals surface area contributed by atoms with Crippen molar-refractivity contribution < 1.29 is 14.3 Å². The lowest BCUT2D eigenvalue weighted by Gasteiger charge is -2.21. The molecule has 0 radical (unpaired) electrons. The maximum absolute atomic E-state index is 12.9. The zero-order valence-electron chi connectivity index (χ0n) is 16.6. The molecule has 1 aliphatic carbocycles. The second kappa shape index (κ2) is 9.41. The number of carbonyl (C=O) groups excluding carboxylic acids is 1. The number of thioether (sulfide) groups is 1. The Balaban J connectivity index is 1.49. The van der Waals surface area contributed by atoms with E-state index in [1.54, 1.807) is 12.0 Å². The highest BCUT2D eigenvalue weighted by Gasteiger charge is 2.38. The Hall–Kier alpha value is -2.02. The van der Waals surface area contributed by atoms with Crippen LogP contribution in [0, 0.1) is 0 Å². The molecule has 1 heterocycles. The van der Waals surface area contributed by atoms with E-state index in [9.17, 15) is 4.79 Å². The van der Waals surface area contributed by atoms with Gasteiger partial charge in [-0.1, -0.05) is 66.6 Å². The lowest BCUT2D eigenvalue weighted by molar-refractivity contribution is -0.123. The largest absolute Gasteiger partial charge is 0.493 e. The van der Waals surface area contributed by atoms with Gasteiger partial charge in [-0.05, 0) is 54.3 Å². The van der Waals surface area contributed by atoms with Gasteiger partial charge in [0.15, 0.2) is 11.5 Å². The van der Waals surface area contributed by atoms with E-state index in [-0.39, 0.29) is 11.9 Å². The Kier molecular flexibility index (Phi) is 6.66. The Labute approximate surface area is 191 Å². The fraction of sp³-hybridized carbons (Fsp3) is 0.304. The molecule has 1 saturated heterocycles. The summed E-state index contributed by atoms with van der Waals surface area (Å²) < 4.78 is 12.1. The van der Waals surface area contributed by atoms with Crippen LogP contribution >= 0.6 is 35.6 Å². The number of methoxy groups -OCH3 is 1. The van der Waals surface area contributed by atoms with Crippen LogP contribution in [0.5, 0.6) is 11.5 Å². The quantitative estimate of drug-likeness (QED) is 0.387. The third kappa shape index (κ3) is 4.66. The molecule has 156 valence electrons. The number of ether oxygens (including phenoxy) is 2. The van der Waals surface area contributed by atoms with Gasteiger partial charge in [0.05, 0.1) is 12.0 Å². The first kappa shape index (κ1) is 21.2. The van der Waals surface area contributed by atoms with Crippen molar-refractivity contribution in [2.75, 3.05) is 7.11 Å². The van der Waals surface area contributed by atoms with Crippen LogP contribution < -0.4 is 9.47 Å². The summed E-state index contributed by atoms with van der Waals surface area (Å²) >= 11 is 12.8. The van der Waals surface area contributed by atoms with Gasteiger partial charge in [0, 0.05) is 11.1 Å². The molecule has 0 unspecified atom stereocenters. The van der Waals surface area contributed by atoms with Crippen LogP contribution in [0.25, 0.3) is 6.08 Å². The molecule has 0 aromatic heterocycles. The van der Waals surface area contributed by atoms with Gasteiger partial charge in [0.25, 0.3) is 5.91 Å². The first-order valence-corrected chi connectivity index (χ1v) is 11.5. The number of benzene rings is 2. The van der Waals surface area contributed by atoms with Crippen molar-refractivity contribution in [2.45, 2.75) is 38.3 Å². The molecule has 4 nitrogen and oxygen atoms in total. The van der Waals surface area contributed by atoms with E-state index in [0.717, 1.165) is 36.8 Å². The lowest BCUT2D eigenvalue weighted by atomic mass is 10.1. The highest BCUT2D eigenvalue weighted by molar-refractivity contribution is 8.26. The SMILES string of the molecule is COc1cc(C=C2SC(=S)N(C3CCCC3)C2=O)ccc1OCc1ccc(Cl)cc1. The molecular weight excluding hydrogens is 438 g/mol. The van der Waals surface area contributed by atoms with Gasteiger partial charge in [0.1, 0.15) is 10.9 Å². The van der Waals surface area contributed by atoms with Gasteiger partial charge in [-0.2, -0.15) is 0 Å². The molecule has 0 N–H and O–H groups in total. The molecule has 2 aromatic carbocycles. The Morgan fingerprint density at radius 1 is 1.17 bits per heavy atom. The van der Waals surface area contributed by atoms with Crippen molar-refractivity contribution in [1.29, 1.82) is 0 Å². The second-order valence-corrected chi connectivity index (χ2v) is 9.43. The lowest BCUT2D eigenvalue weighted by Crippen LogP contribution is -2.36. The molecule has 2 aliphatic rings. The minimum Gasteiger partial charge on any atom is -0.493 e. The third-order valence-corrected chi connectivity index (χ3v) is 6.89. The van der Waals surface area contributed by atoms with Crippen LogP contribution in [-0.4, -0.2) is 28.3 Å². The summed E-state index contributed by atoms with van der Waals surface area (Å²) in [5, 5.41) is 0.694. The number of carbonyl (C=O) groups is 1. The summed E-state index contributed by atoms with van der Waals surface area (Å²) in [6.07, 6.45) is 6.27. The number of rotatable bonds is 6. The van der Waals surface area contributed by atoms with E-state index >= 15 is 0 Å². The maximum atomic E-state index is 12.9. The van der Waals surface area contributed by atoms with Crippen molar-refractivity contribution in [3.63, 3.8) is 0 Å². The van der Waals surface area contributed by atoms with Gasteiger partial charge in [-0.25, -0.2) is 0 Å². The third-order valence-electron chi connectivity index (χ3n) is 5.31. The van der Waals surface area contributed by atoms with E-state index < -0.39 is 0 Å². The second-order valence-electron chi connectivity index (χ2n) is 7.32.